The molecule has 0 aromatic heterocycles. The van der Waals surface area contributed by atoms with Crippen molar-refractivity contribution < 1.29 is 27.8 Å². The number of halogens is 3. The van der Waals surface area contributed by atoms with Gasteiger partial charge >= 0.3 is 6.36 Å². The Labute approximate surface area is 182 Å². The van der Waals surface area contributed by atoms with Crippen molar-refractivity contribution in [3.63, 3.8) is 0 Å². The van der Waals surface area contributed by atoms with Crippen LogP contribution in [0.2, 0.25) is 0 Å². The molecule has 0 aliphatic heterocycles. The SMILES string of the molecule is CCNC(=NCC(CO)Cc1ccc(OC(F)(F)F)cc1)NCCN(C)CCCOC. The first-order chi connectivity index (χ1) is 14.8. The van der Waals surface area contributed by atoms with E-state index in [1.54, 1.807) is 19.2 Å². The van der Waals surface area contributed by atoms with Crippen LogP contribution in [-0.2, 0) is 11.2 Å². The molecule has 0 spiro atoms. The number of nitrogens with zero attached hydrogens (tertiary/aromatic N) is 2. The minimum Gasteiger partial charge on any atom is -0.406 e. The summed E-state index contributed by atoms with van der Waals surface area (Å²) in [4.78, 5) is 6.75. The van der Waals surface area contributed by atoms with Crippen molar-refractivity contribution in [3.8, 4) is 5.75 Å². The summed E-state index contributed by atoms with van der Waals surface area (Å²) in [5, 5.41) is 16.1. The molecule has 1 rings (SSSR count). The van der Waals surface area contributed by atoms with Crippen LogP contribution in [0, 0.1) is 5.92 Å². The number of aliphatic imine (C=N–C) groups is 1. The third-order valence-corrected chi connectivity index (χ3v) is 4.47. The molecule has 1 atom stereocenters. The smallest absolute Gasteiger partial charge is 0.406 e. The number of likely N-dealkylation sites (N-methyl/N-ethyl adjacent to an activating group) is 1. The van der Waals surface area contributed by atoms with Crippen molar-refractivity contribution in [1.82, 2.24) is 15.5 Å². The van der Waals surface area contributed by atoms with Gasteiger partial charge in [0.25, 0.3) is 0 Å². The lowest BCUT2D eigenvalue weighted by atomic mass is 10.0. The number of aliphatic hydroxyl groups is 1. The number of rotatable bonds is 14. The van der Waals surface area contributed by atoms with Crippen LogP contribution >= 0.6 is 0 Å². The first-order valence-corrected chi connectivity index (χ1v) is 10.4. The third kappa shape index (κ3) is 13.1. The third-order valence-electron chi connectivity index (χ3n) is 4.47. The normalized spacial score (nSPS) is 13.4. The van der Waals surface area contributed by atoms with Gasteiger partial charge in [-0.15, -0.1) is 13.2 Å². The predicted molar refractivity (Wildman–Crippen MR) is 115 cm³/mol. The number of benzene rings is 1. The molecule has 0 radical (unpaired) electrons. The van der Waals surface area contributed by atoms with Crippen molar-refractivity contribution in [2.24, 2.45) is 10.9 Å². The van der Waals surface area contributed by atoms with Gasteiger partial charge in [-0.2, -0.15) is 0 Å². The molecule has 0 saturated heterocycles. The number of hydrogen-bond donors (Lipinski definition) is 3. The summed E-state index contributed by atoms with van der Waals surface area (Å²) >= 11 is 0. The molecule has 0 saturated carbocycles. The van der Waals surface area contributed by atoms with Gasteiger partial charge in [-0.05, 0) is 44.5 Å². The summed E-state index contributed by atoms with van der Waals surface area (Å²) < 4.78 is 45.7. The number of methoxy groups -OCH3 is 1. The highest BCUT2D eigenvalue weighted by Gasteiger charge is 2.30. The molecule has 1 aromatic carbocycles. The van der Waals surface area contributed by atoms with E-state index in [9.17, 15) is 18.3 Å². The number of hydrogen-bond acceptors (Lipinski definition) is 5. The summed E-state index contributed by atoms with van der Waals surface area (Å²) in [5.74, 6) is 0.252. The molecule has 1 aromatic rings. The van der Waals surface area contributed by atoms with E-state index in [0.717, 1.165) is 38.2 Å². The van der Waals surface area contributed by atoms with Crippen molar-refractivity contribution in [1.29, 1.82) is 0 Å². The van der Waals surface area contributed by atoms with Crippen LogP contribution in [0.4, 0.5) is 13.2 Å². The van der Waals surface area contributed by atoms with E-state index in [1.165, 1.54) is 12.1 Å². The van der Waals surface area contributed by atoms with Gasteiger partial charge in [-0.25, -0.2) is 0 Å². The van der Waals surface area contributed by atoms with Crippen LogP contribution in [-0.4, -0.2) is 82.4 Å². The van der Waals surface area contributed by atoms with Gasteiger partial charge in [0.15, 0.2) is 5.96 Å². The topological polar surface area (TPSA) is 78.4 Å². The quantitative estimate of drug-likeness (QED) is 0.230. The van der Waals surface area contributed by atoms with Crippen LogP contribution in [0.15, 0.2) is 29.3 Å². The van der Waals surface area contributed by atoms with Gasteiger partial charge < -0.3 is 30.1 Å². The average molecular weight is 449 g/mol. The molecule has 7 nitrogen and oxygen atoms in total. The van der Waals surface area contributed by atoms with E-state index >= 15 is 0 Å². The predicted octanol–water partition coefficient (Wildman–Crippen LogP) is 2.26. The van der Waals surface area contributed by atoms with Crippen LogP contribution in [0.5, 0.6) is 5.75 Å². The Bertz CT molecular complexity index is 627. The molecular formula is C21H35F3N4O3. The monoisotopic (exact) mass is 448 g/mol. The van der Waals surface area contributed by atoms with E-state index in [1.807, 2.05) is 14.0 Å². The van der Waals surface area contributed by atoms with E-state index < -0.39 is 6.36 Å². The lowest BCUT2D eigenvalue weighted by molar-refractivity contribution is -0.274. The second-order valence-electron chi connectivity index (χ2n) is 7.24. The van der Waals surface area contributed by atoms with Gasteiger partial charge in [0.05, 0.1) is 0 Å². The molecule has 178 valence electrons. The number of alkyl halides is 3. The molecule has 1 unspecified atom stereocenters. The first kappa shape index (κ1) is 27.0. The number of ether oxygens (including phenoxy) is 2. The Hall–Kier alpha value is -2.04. The van der Waals surface area contributed by atoms with E-state index in [4.69, 9.17) is 4.74 Å². The molecular weight excluding hydrogens is 413 g/mol. The van der Waals surface area contributed by atoms with Crippen LogP contribution in [0.25, 0.3) is 0 Å². The van der Waals surface area contributed by atoms with Gasteiger partial charge in [-0.3, -0.25) is 4.99 Å². The Morgan fingerprint density at radius 2 is 1.90 bits per heavy atom. The maximum absolute atomic E-state index is 12.3. The Balaban J connectivity index is 2.52. The molecule has 0 heterocycles. The molecule has 10 heteroatoms. The maximum atomic E-state index is 12.3. The highest BCUT2D eigenvalue weighted by Crippen LogP contribution is 2.23. The Morgan fingerprint density at radius 3 is 2.48 bits per heavy atom. The van der Waals surface area contributed by atoms with Crippen molar-refractivity contribution in [2.45, 2.75) is 26.1 Å². The molecule has 3 N–H and O–H groups in total. The standard InChI is InChI=1S/C21H35F3N4O3/c1-4-25-20(26-10-12-28(2)11-5-13-30-3)27-15-18(16-29)14-17-6-8-19(9-7-17)31-21(22,23)24/h6-9,18,29H,4-5,10-16H2,1-3H3,(H2,25,26,27). The van der Waals surface area contributed by atoms with Gasteiger partial charge in [-0.1, -0.05) is 12.1 Å². The minimum absolute atomic E-state index is 0.0774. The summed E-state index contributed by atoms with van der Waals surface area (Å²) in [5.41, 5.74) is 0.805. The second-order valence-corrected chi connectivity index (χ2v) is 7.24. The largest absolute Gasteiger partial charge is 0.573 e. The summed E-state index contributed by atoms with van der Waals surface area (Å²) in [7, 11) is 3.74. The lowest BCUT2D eigenvalue weighted by Gasteiger charge is -2.19. The number of guanidine groups is 1. The summed E-state index contributed by atoms with van der Waals surface area (Å²) in [6.07, 6.45) is -3.24. The van der Waals surface area contributed by atoms with Crippen molar-refractivity contribution in [2.75, 3.05) is 60.1 Å². The van der Waals surface area contributed by atoms with Crippen molar-refractivity contribution in [3.05, 3.63) is 29.8 Å². The zero-order chi connectivity index (χ0) is 23.1. The van der Waals surface area contributed by atoms with Crippen LogP contribution < -0.4 is 15.4 Å². The number of nitrogens with one attached hydrogen (secondary N) is 2. The first-order valence-electron chi connectivity index (χ1n) is 10.4. The maximum Gasteiger partial charge on any atom is 0.573 e. The fourth-order valence-corrected chi connectivity index (χ4v) is 2.87. The summed E-state index contributed by atoms with van der Waals surface area (Å²) in [6.45, 7) is 6.25. The zero-order valence-electron chi connectivity index (χ0n) is 18.5. The fraction of sp³-hybridized carbons (Fsp3) is 0.667. The lowest BCUT2D eigenvalue weighted by Crippen LogP contribution is -2.41. The highest BCUT2D eigenvalue weighted by molar-refractivity contribution is 5.79. The minimum atomic E-state index is -4.71. The fourth-order valence-electron chi connectivity index (χ4n) is 2.87. The van der Waals surface area contributed by atoms with Crippen molar-refractivity contribution >= 4 is 5.96 Å². The molecule has 0 aliphatic rings. The molecule has 0 bridgehead atoms. The highest BCUT2D eigenvalue weighted by atomic mass is 19.4. The zero-order valence-corrected chi connectivity index (χ0v) is 18.5. The van der Waals surface area contributed by atoms with E-state index in [-0.39, 0.29) is 18.3 Å². The van der Waals surface area contributed by atoms with Gasteiger partial charge in [0, 0.05) is 59.0 Å². The molecule has 31 heavy (non-hydrogen) atoms. The van der Waals surface area contributed by atoms with Crippen LogP contribution in [0.3, 0.4) is 0 Å². The second kappa shape index (κ2) is 14.9. The van der Waals surface area contributed by atoms with Gasteiger partial charge in [0.1, 0.15) is 5.75 Å². The Kier molecular flexibility index (Phi) is 13.0. The Morgan fingerprint density at radius 1 is 1.19 bits per heavy atom. The number of aliphatic hydroxyl groups excluding tert-OH is 1. The van der Waals surface area contributed by atoms with Crippen LogP contribution in [0.1, 0.15) is 18.9 Å². The van der Waals surface area contributed by atoms with E-state index in [0.29, 0.717) is 25.5 Å². The molecule has 0 aliphatic carbocycles. The van der Waals surface area contributed by atoms with E-state index in [2.05, 4.69) is 25.3 Å². The molecule has 0 fully saturated rings. The summed E-state index contributed by atoms with van der Waals surface area (Å²) in [6, 6.07) is 5.68. The molecule has 0 amide bonds. The average Bonchev–Trinajstić information content (AvgIpc) is 2.71. The van der Waals surface area contributed by atoms with Gasteiger partial charge in [0.2, 0.25) is 0 Å².